The zero-order valence-corrected chi connectivity index (χ0v) is 21.0. The Labute approximate surface area is 215 Å². The van der Waals surface area contributed by atoms with Crippen molar-refractivity contribution in [1.82, 2.24) is 19.6 Å². The number of ether oxygens (including phenoxy) is 1. The highest BCUT2D eigenvalue weighted by Crippen LogP contribution is 2.33. The van der Waals surface area contributed by atoms with Gasteiger partial charge in [0.25, 0.3) is 0 Å². The molecule has 2 N–H and O–H groups in total. The molecule has 4 aromatic rings. The third-order valence-electron chi connectivity index (χ3n) is 6.63. The number of pyridine rings is 3. The summed E-state index contributed by atoms with van der Waals surface area (Å²) in [5, 5.41) is 35.1. The van der Waals surface area contributed by atoms with Gasteiger partial charge in [0.15, 0.2) is 0 Å². The summed E-state index contributed by atoms with van der Waals surface area (Å²) in [6.45, 7) is 4.88. The van der Waals surface area contributed by atoms with Crippen molar-refractivity contribution in [3.63, 3.8) is 0 Å². The lowest BCUT2D eigenvalue weighted by Gasteiger charge is -2.39. The molecule has 190 valence electrons. The number of piperidine rings is 1. The Kier molecular flexibility index (Phi) is 6.54. The van der Waals surface area contributed by atoms with Crippen LogP contribution >= 0.6 is 0 Å². The number of aromatic nitrogens is 4. The van der Waals surface area contributed by atoms with Crippen LogP contribution in [0, 0.1) is 11.3 Å². The molecule has 5 heterocycles. The number of rotatable bonds is 7. The van der Waals surface area contributed by atoms with E-state index in [-0.39, 0.29) is 6.61 Å². The highest BCUT2D eigenvalue weighted by atomic mass is 16.5. The normalized spacial score (nSPS) is 15.5. The Morgan fingerprint density at radius 3 is 2.62 bits per heavy atom. The Balaban J connectivity index is 1.35. The Morgan fingerprint density at radius 1 is 1.16 bits per heavy atom. The predicted molar refractivity (Wildman–Crippen MR) is 139 cm³/mol. The van der Waals surface area contributed by atoms with Crippen molar-refractivity contribution in [1.29, 1.82) is 5.26 Å². The number of anilines is 1. The molecule has 0 radical (unpaired) electrons. The van der Waals surface area contributed by atoms with Crippen LogP contribution in [0.4, 0.5) is 5.82 Å². The number of nitrogens with zero attached hydrogens (tertiary/aromatic N) is 6. The highest BCUT2D eigenvalue weighted by molar-refractivity contribution is 5.85. The molecule has 4 aromatic heterocycles. The van der Waals surface area contributed by atoms with Gasteiger partial charge in [-0.25, -0.2) is 9.50 Å². The highest BCUT2D eigenvalue weighted by Gasteiger charge is 2.33. The van der Waals surface area contributed by atoms with Crippen LogP contribution in [0.25, 0.3) is 16.6 Å². The number of hydrogen-bond donors (Lipinski definition) is 2. The molecule has 0 aliphatic carbocycles. The van der Waals surface area contributed by atoms with Gasteiger partial charge < -0.3 is 19.8 Å². The second kappa shape index (κ2) is 9.81. The fourth-order valence-corrected chi connectivity index (χ4v) is 4.68. The van der Waals surface area contributed by atoms with E-state index in [0.717, 1.165) is 22.5 Å². The zero-order chi connectivity index (χ0) is 26.0. The van der Waals surface area contributed by atoms with Gasteiger partial charge in [-0.05, 0) is 56.5 Å². The topological polar surface area (TPSA) is 120 Å². The van der Waals surface area contributed by atoms with Gasteiger partial charge in [0.1, 0.15) is 24.2 Å². The maximum atomic E-state index is 11.1. The second-order valence-corrected chi connectivity index (χ2v) is 10.3. The van der Waals surface area contributed by atoms with Gasteiger partial charge in [0, 0.05) is 49.2 Å². The number of hydrogen-bond acceptors (Lipinski definition) is 8. The Hall–Kier alpha value is -4.00. The SMILES string of the molecule is CC(C)(O)COc1cc(-c2ccc(N3CCC(O)(Cc4cccnc4)CC3)nc2)c2c(C#N)cnn2c1. The van der Waals surface area contributed by atoms with Gasteiger partial charge in [-0.2, -0.15) is 10.4 Å². The van der Waals surface area contributed by atoms with Crippen LogP contribution in [0.5, 0.6) is 5.75 Å². The molecule has 5 rings (SSSR count). The van der Waals surface area contributed by atoms with Gasteiger partial charge in [-0.3, -0.25) is 4.98 Å². The fourth-order valence-electron chi connectivity index (χ4n) is 4.68. The van der Waals surface area contributed by atoms with Crippen LogP contribution in [0.2, 0.25) is 0 Å². The van der Waals surface area contributed by atoms with Crippen LogP contribution < -0.4 is 9.64 Å². The van der Waals surface area contributed by atoms with Crippen LogP contribution in [-0.2, 0) is 6.42 Å². The molecule has 0 amide bonds. The molecule has 1 saturated heterocycles. The molecule has 0 bridgehead atoms. The van der Waals surface area contributed by atoms with Gasteiger partial charge in [0.2, 0.25) is 0 Å². The minimum atomic E-state index is -0.987. The maximum Gasteiger partial charge on any atom is 0.138 e. The molecule has 0 spiro atoms. The molecule has 0 saturated carbocycles. The minimum absolute atomic E-state index is 0.115. The zero-order valence-electron chi connectivity index (χ0n) is 21.0. The first kappa shape index (κ1) is 24.7. The molecule has 0 unspecified atom stereocenters. The average Bonchev–Trinajstić information content (AvgIpc) is 3.31. The lowest BCUT2D eigenvalue weighted by Crippen LogP contribution is -2.46. The first-order valence-electron chi connectivity index (χ1n) is 12.3. The van der Waals surface area contributed by atoms with Crippen LogP contribution in [-0.4, -0.2) is 60.7 Å². The Bertz CT molecular complexity index is 1410. The molecular formula is C28H30N6O3. The number of aliphatic hydroxyl groups is 2. The van der Waals surface area contributed by atoms with Gasteiger partial charge in [-0.1, -0.05) is 6.07 Å². The van der Waals surface area contributed by atoms with E-state index >= 15 is 0 Å². The van der Waals surface area contributed by atoms with E-state index in [1.54, 1.807) is 37.0 Å². The second-order valence-electron chi connectivity index (χ2n) is 10.3. The van der Waals surface area contributed by atoms with E-state index in [9.17, 15) is 15.5 Å². The third-order valence-corrected chi connectivity index (χ3v) is 6.63. The van der Waals surface area contributed by atoms with Crippen LogP contribution in [0.3, 0.4) is 0 Å². The standard InChI is InChI=1S/C28H30N6O3/c1-27(2,35)19-37-23-12-24(26-22(14-29)17-32-34(26)18-23)21-5-6-25(31-16-21)33-10-7-28(36,8-11-33)13-20-4-3-9-30-15-20/h3-6,9,12,15-18,35-36H,7-8,10-11,13,19H2,1-2H3. The summed E-state index contributed by atoms with van der Waals surface area (Å²) >= 11 is 0. The predicted octanol–water partition coefficient (Wildman–Crippen LogP) is 3.39. The minimum Gasteiger partial charge on any atom is -0.489 e. The summed E-state index contributed by atoms with van der Waals surface area (Å²) in [7, 11) is 0. The van der Waals surface area contributed by atoms with Crippen molar-refractivity contribution in [2.24, 2.45) is 0 Å². The smallest absolute Gasteiger partial charge is 0.138 e. The van der Waals surface area contributed by atoms with Gasteiger partial charge in [-0.15, -0.1) is 0 Å². The molecule has 37 heavy (non-hydrogen) atoms. The Morgan fingerprint density at radius 2 is 1.97 bits per heavy atom. The molecule has 0 atom stereocenters. The summed E-state index contributed by atoms with van der Waals surface area (Å²) in [6, 6.07) is 11.9. The molecule has 9 nitrogen and oxygen atoms in total. The lowest BCUT2D eigenvalue weighted by atomic mass is 9.86. The summed E-state index contributed by atoms with van der Waals surface area (Å²) in [4.78, 5) is 11.0. The van der Waals surface area contributed by atoms with Crippen molar-refractivity contribution in [2.75, 3.05) is 24.6 Å². The monoisotopic (exact) mass is 498 g/mol. The van der Waals surface area contributed by atoms with Crippen molar-refractivity contribution in [3.05, 3.63) is 72.4 Å². The lowest BCUT2D eigenvalue weighted by molar-refractivity contribution is 0.0163. The molecule has 0 aromatic carbocycles. The van der Waals surface area contributed by atoms with E-state index in [0.29, 0.717) is 49.2 Å². The molecular weight excluding hydrogens is 468 g/mol. The van der Waals surface area contributed by atoms with Crippen molar-refractivity contribution >= 4 is 11.3 Å². The van der Waals surface area contributed by atoms with E-state index in [1.165, 1.54) is 6.20 Å². The maximum absolute atomic E-state index is 11.1. The number of nitriles is 1. The third kappa shape index (κ3) is 5.56. The first-order valence-corrected chi connectivity index (χ1v) is 12.3. The van der Waals surface area contributed by atoms with Crippen molar-refractivity contribution < 1.29 is 14.9 Å². The van der Waals surface area contributed by atoms with Crippen LogP contribution in [0.1, 0.15) is 37.8 Å². The van der Waals surface area contributed by atoms with Gasteiger partial charge >= 0.3 is 0 Å². The van der Waals surface area contributed by atoms with Gasteiger partial charge in [0.05, 0.1) is 34.7 Å². The van der Waals surface area contributed by atoms with Crippen LogP contribution in [0.15, 0.2) is 61.3 Å². The molecule has 9 heteroatoms. The summed E-state index contributed by atoms with van der Waals surface area (Å²) in [6.07, 6.45) is 10.5. The van der Waals surface area contributed by atoms with E-state index in [2.05, 4.69) is 21.1 Å². The molecule has 1 aliphatic heterocycles. The molecule has 1 aliphatic rings. The first-order chi connectivity index (χ1) is 17.7. The summed E-state index contributed by atoms with van der Waals surface area (Å²) < 4.78 is 7.43. The van der Waals surface area contributed by atoms with Crippen molar-refractivity contribution in [2.45, 2.75) is 44.3 Å². The van der Waals surface area contributed by atoms with E-state index in [1.807, 2.05) is 36.5 Å². The van der Waals surface area contributed by atoms with E-state index < -0.39 is 11.2 Å². The molecule has 1 fully saturated rings. The quantitative estimate of drug-likeness (QED) is 0.398. The number of fused-ring (bicyclic) bond motifs is 1. The summed E-state index contributed by atoms with van der Waals surface area (Å²) in [5.41, 5.74) is 2.03. The average molecular weight is 499 g/mol. The summed E-state index contributed by atoms with van der Waals surface area (Å²) in [5.74, 6) is 1.37. The fraction of sp³-hybridized carbons (Fsp3) is 0.357. The largest absolute Gasteiger partial charge is 0.489 e. The van der Waals surface area contributed by atoms with E-state index in [4.69, 9.17) is 9.72 Å². The van der Waals surface area contributed by atoms with Crippen molar-refractivity contribution in [3.8, 4) is 22.9 Å².